The summed E-state index contributed by atoms with van der Waals surface area (Å²) in [5, 5.41) is 3.62. The largest absolute Gasteiger partial charge is 0.477 e. The number of rotatable bonds is 5. The van der Waals surface area contributed by atoms with Crippen molar-refractivity contribution in [2.75, 3.05) is 19.7 Å². The van der Waals surface area contributed by atoms with Gasteiger partial charge in [-0.2, -0.15) is 0 Å². The molecule has 0 aromatic carbocycles. The number of hydrogen-bond acceptors (Lipinski definition) is 4. The predicted octanol–water partition coefficient (Wildman–Crippen LogP) is 2.73. The van der Waals surface area contributed by atoms with E-state index in [2.05, 4.69) is 10.3 Å². The molecule has 1 aromatic rings. The summed E-state index contributed by atoms with van der Waals surface area (Å²) in [6.45, 7) is 3.56. The van der Waals surface area contributed by atoms with E-state index >= 15 is 0 Å². The van der Waals surface area contributed by atoms with Gasteiger partial charge >= 0.3 is 0 Å². The third-order valence-corrected chi connectivity index (χ3v) is 5.29. The number of nitrogens with two attached hydrogens (primary N) is 1. The lowest BCUT2D eigenvalue weighted by Crippen LogP contribution is -2.41. The molecular weight excluding hydrogens is 274 g/mol. The van der Waals surface area contributed by atoms with Crippen molar-refractivity contribution in [3.8, 4) is 5.88 Å². The number of ether oxygens (including phenoxy) is 1. The molecule has 1 aliphatic heterocycles. The van der Waals surface area contributed by atoms with E-state index in [0.29, 0.717) is 18.3 Å². The molecule has 0 bridgehead atoms. The van der Waals surface area contributed by atoms with Crippen molar-refractivity contribution in [1.82, 2.24) is 10.3 Å². The van der Waals surface area contributed by atoms with Gasteiger partial charge in [0.1, 0.15) is 0 Å². The van der Waals surface area contributed by atoms with E-state index in [4.69, 9.17) is 10.5 Å². The van der Waals surface area contributed by atoms with Crippen molar-refractivity contribution >= 4 is 0 Å². The molecule has 22 heavy (non-hydrogen) atoms. The van der Waals surface area contributed by atoms with E-state index in [1.54, 1.807) is 6.20 Å². The average Bonchev–Trinajstić information content (AvgIpc) is 2.61. The lowest BCUT2D eigenvalue weighted by molar-refractivity contribution is 0.135. The van der Waals surface area contributed by atoms with Crippen molar-refractivity contribution in [2.45, 2.75) is 45.1 Å². The summed E-state index contributed by atoms with van der Waals surface area (Å²) in [6.07, 6.45) is 10.2. The zero-order chi connectivity index (χ0) is 15.2. The van der Waals surface area contributed by atoms with Crippen LogP contribution in [0.15, 0.2) is 18.3 Å². The third kappa shape index (κ3) is 4.20. The Bertz CT molecular complexity index is 459. The summed E-state index contributed by atoms with van der Waals surface area (Å²) < 4.78 is 5.92. The summed E-state index contributed by atoms with van der Waals surface area (Å²) >= 11 is 0. The highest BCUT2D eigenvalue weighted by Crippen LogP contribution is 2.34. The molecule has 2 unspecified atom stereocenters. The van der Waals surface area contributed by atoms with Crippen LogP contribution in [0.3, 0.4) is 0 Å². The number of nitrogens with one attached hydrogen (secondary N) is 1. The highest BCUT2D eigenvalue weighted by molar-refractivity contribution is 5.20. The van der Waals surface area contributed by atoms with E-state index in [-0.39, 0.29) is 0 Å². The molecule has 1 saturated carbocycles. The van der Waals surface area contributed by atoms with Crippen LogP contribution in [0.4, 0.5) is 0 Å². The van der Waals surface area contributed by atoms with Gasteiger partial charge in [-0.3, -0.25) is 0 Å². The van der Waals surface area contributed by atoms with Gasteiger partial charge in [0.25, 0.3) is 0 Å². The smallest absolute Gasteiger partial charge is 0.213 e. The molecule has 3 rings (SSSR count). The molecule has 0 radical (unpaired) electrons. The minimum atomic E-state index is 0.535. The molecule has 0 spiro atoms. The van der Waals surface area contributed by atoms with Crippen LogP contribution in [0.25, 0.3) is 0 Å². The minimum absolute atomic E-state index is 0.535. The second kappa shape index (κ2) is 7.93. The molecule has 2 fully saturated rings. The molecule has 4 nitrogen and oxygen atoms in total. The van der Waals surface area contributed by atoms with Crippen LogP contribution < -0.4 is 15.8 Å². The molecule has 1 saturated heterocycles. The fourth-order valence-electron chi connectivity index (χ4n) is 4.02. The zero-order valence-corrected chi connectivity index (χ0v) is 13.5. The van der Waals surface area contributed by atoms with Crippen LogP contribution >= 0.6 is 0 Å². The van der Waals surface area contributed by atoms with E-state index in [1.165, 1.54) is 45.1 Å². The van der Waals surface area contributed by atoms with Crippen LogP contribution in [-0.2, 0) is 6.54 Å². The van der Waals surface area contributed by atoms with Crippen molar-refractivity contribution in [3.63, 3.8) is 0 Å². The van der Waals surface area contributed by atoms with E-state index < -0.39 is 0 Å². The van der Waals surface area contributed by atoms with Crippen LogP contribution in [-0.4, -0.2) is 24.7 Å². The maximum Gasteiger partial charge on any atom is 0.213 e. The van der Waals surface area contributed by atoms with Gasteiger partial charge in [-0.15, -0.1) is 0 Å². The van der Waals surface area contributed by atoms with Crippen LogP contribution in [0.5, 0.6) is 5.88 Å². The topological polar surface area (TPSA) is 60.2 Å². The maximum atomic E-state index is 5.92. The standard InChI is InChI=1S/C18H29N3O/c19-10-14-6-7-21-18(9-14)22-13-15-8-17(12-20-11-15)16-4-2-1-3-5-16/h6-7,9,15-17,20H,1-5,8,10-13,19H2. The molecule has 2 heterocycles. The highest BCUT2D eigenvalue weighted by atomic mass is 16.5. The van der Waals surface area contributed by atoms with E-state index in [1.807, 2.05) is 12.1 Å². The fourth-order valence-corrected chi connectivity index (χ4v) is 4.02. The molecule has 1 aromatic heterocycles. The van der Waals surface area contributed by atoms with Gasteiger partial charge in [-0.25, -0.2) is 4.98 Å². The van der Waals surface area contributed by atoms with Crippen molar-refractivity contribution in [1.29, 1.82) is 0 Å². The lowest BCUT2D eigenvalue weighted by atomic mass is 9.75. The highest BCUT2D eigenvalue weighted by Gasteiger charge is 2.29. The van der Waals surface area contributed by atoms with Crippen LogP contribution in [0.2, 0.25) is 0 Å². The SMILES string of the molecule is NCc1ccnc(OCC2CNCC(C3CCCCC3)C2)c1. The Kier molecular flexibility index (Phi) is 5.68. The Hall–Kier alpha value is -1.13. The molecule has 3 N–H and O–H groups in total. The average molecular weight is 303 g/mol. The van der Waals surface area contributed by atoms with Crippen molar-refractivity contribution in [3.05, 3.63) is 23.9 Å². The summed E-state index contributed by atoms with van der Waals surface area (Å²) in [6, 6.07) is 3.89. The summed E-state index contributed by atoms with van der Waals surface area (Å²) in [5.41, 5.74) is 6.74. The monoisotopic (exact) mass is 303 g/mol. The Morgan fingerprint density at radius 1 is 1.18 bits per heavy atom. The maximum absolute atomic E-state index is 5.92. The minimum Gasteiger partial charge on any atom is -0.477 e. The molecule has 1 aliphatic carbocycles. The van der Waals surface area contributed by atoms with E-state index in [9.17, 15) is 0 Å². The molecule has 122 valence electrons. The van der Waals surface area contributed by atoms with Crippen LogP contribution in [0, 0.1) is 17.8 Å². The van der Waals surface area contributed by atoms with Gasteiger partial charge in [0.2, 0.25) is 5.88 Å². The normalized spacial score (nSPS) is 26.8. The zero-order valence-electron chi connectivity index (χ0n) is 13.5. The fraction of sp³-hybridized carbons (Fsp3) is 0.722. The number of piperidine rings is 1. The van der Waals surface area contributed by atoms with Gasteiger partial charge in [0, 0.05) is 31.3 Å². The first-order valence-electron chi connectivity index (χ1n) is 8.83. The molecule has 2 atom stereocenters. The van der Waals surface area contributed by atoms with Gasteiger partial charge in [0.15, 0.2) is 0 Å². The Morgan fingerprint density at radius 3 is 2.86 bits per heavy atom. The first-order chi connectivity index (χ1) is 10.8. The second-order valence-electron chi connectivity index (χ2n) is 6.94. The Labute approximate surface area is 133 Å². The molecular formula is C18H29N3O. The number of nitrogens with zero attached hydrogens (tertiary/aromatic N) is 1. The quantitative estimate of drug-likeness (QED) is 0.878. The predicted molar refractivity (Wildman–Crippen MR) is 88.7 cm³/mol. The van der Waals surface area contributed by atoms with Gasteiger partial charge in [-0.05, 0) is 36.4 Å². The van der Waals surface area contributed by atoms with Crippen LogP contribution in [0.1, 0.15) is 44.1 Å². The van der Waals surface area contributed by atoms with Gasteiger partial charge in [-0.1, -0.05) is 32.1 Å². The molecule has 0 amide bonds. The summed E-state index contributed by atoms with van der Waals surface area (Å²) in [5.74, 6) is 3.08. The van der Waals surface area contributed by atoms with Crippen molar-refractivity contribution < 1.29 is 4.74 Å². The van der Waals surface area contributed by atoms with Gasteiger partial charge in [0.05, 0.1) is 6.61 Å². The lowest BCUT2D eigenvalue weighted by Gasteiger charge is -2.36. The Balaban J connectivity index is 1.49. The molecule has 4 heteroatoms. The Morgan fingerprint density at radius 2 is 2.05 bits per heavy atom. The second-order valence-corrected chi connectivity index (χ2v) is 6.94. The number of aromatic nitrogens is 1. The van der Waals surface area contributed by atoms with E-state index in [0.717, 1.165) is 30.6 Å². The summed E-state index contributed by atoms with van der Waals surface area (Å²) in [7, 11) is 0. The number of pyridine rings is 1. The molecule has 2 aliphatic rings. The third-order valence-electron chi connectivity index (χ3n) is 5.29. The number of hydrogen-bond donors (Lipinski definition) is 2. The first kappa shape index (κ1) is 15.8. The van der Waals surface area contributed by atoms with Gasteiger partial charge < -0.3 is 15.8 Å². The summed E-state index contributed by atoms with van der Waals surface area (Å²) in [4.78, 5) is 4.28. The first-order valence-corrected chi connectivity index (χ1v) is 8.83. The van der Waals surface area contributed by atoms with Crippen molar-refractivity contribution in [2.24, 2.45) is 23.5 Å².